The van der Waals surface area contributed by atoms with Crippen molar-refractivity contribution in [3.05, 3.63) is 33.8 Å². The quantitative estimate of drug-likeness (QED) is 0.670. The first-order valence-corrected chi connectivity index (χ1v) is 5.14. The maximum Gasteiger partial charge on any atom is 0.281 e. The second-order valence-corrected chi connectivity index (χ2v) is 3.75. The highest BCUT2D eigenvalue weighted by molar-refractivity contribution is 6.44. The number of hydrogen-bond acceptors (Lipinski definition) is 4. The summed E-state index contributed by atoms with van der Waals surface area (Å²) < 4.78 is 0. The zero-order valence-electron chi connectivity index (χ0n) is 8.48. The van der Waals surface area contributed by atoms with Crippen LogP contribution >= 0.6 is 23.2 Å². The normalized spacial score (nSPS) is 10.8. The first-order valence-electron chi connectivity index (χ1n) is 4.38. The molecule has 0 spiro atoms. The van der Waals surface area contributed by atoms with E-state index in [0.29, 0.717) is 15.6 Å². The molecule has 7 heteroatoms. The van der Waals surface area contributed by atoms with Gasteiger partial charge in [-0.05, 0) is 17.7 Å². The second kappa shape index (κ2) is 6.09. The largest absolute Gasteiger partial charge is 0.390 e. The van der Waals surface area contributed by atoms with Gasteiger partial charge in [0.05, 0.1) is 10.0 Å². The van der Waals surface area contributed by atoms with Crippen molar-refractivity contribution in [3.8, 4) is 6.07 Å². The van der Waals surface area contributed by atoms with Crippen molar-refractivity contribution in [2.24, 2.45) is 10.9 Å². The average Bonchev–Trinajstić information content (AvgIpc) is 2.28. The Morgan fingerprint density at radius 2 is 2.18 bits per heavy atom. The van der Waals surface area contributed by atoms with Gasteiger partial charge in [-0.15, -0.1) is 0 Å². The highest BCUT2D eigenvalue weighted by Gasteiger charge is 2.06. The number of oxime groups is 1. The Kier molecular flexibility index (Phi) is 4.76. The van der Waals surface area contributed by atoms with Crippen LogP contribution in [0, 0.1) is 11.3 Å². The molecule has 0 saturated heterocycles. The van der Waals surface area contributed by atoms with Gasteiger partial charge in [0.25, 0.3) is 5.91 Å². The number of nitrogens with zero attached hydrogens (tertiary/aromatic N) is 2. The first kappa shape index (κ1) is 13.3. The van der Waals surface area contributed by atoms with Crippen molar-refractivity contribution in [1.29, 1.82) is 5.26 Å². The van der Waals surface area contributed by atoms with E-state index in [1.54, 1.807) is 18.2 Å². The van der Waals surface area contributed by atoms with Crippen LogP contribution in [0.4, 0.5) is 0 Å². The van der Waals surface area contributed by atoms with Gasteiger partial charge < -0.3 is 10.6 Å². The van der Waals surface area contributed by atoms with Crippen LogP contribution < -0.4 is 5.73 Å². The van der Waals surface area contributed by atoms with Gasteiger partial charge in [0.15, 0.2) is 0 Å². The van der Waals surface area contributed by atoms with Crippen LogP contribution in [0.15, 0.2) is 23.4 Å². The van der Waals surface area contributed by atoms with E-state index in [-0.39, 0.29) is 6.61 Å². The molecule has 0 atom stereocenters. The molecular formula is C10H7Cl2N3O2. The summed E-state index contributed by atoms with van der Waals surface area (Å²) in [6.07, 6.45) is 0. The molecule has 0 aliphatic heterocycles. The topological polar surface area (TPSA) is 88.5 Å². The molecule has 0 radical (unpaired) electrons. The number of benzene rings is 1. The summed E-state index contributed by atoms with van der Waals surface area (Å²) in [6, 6.07) is 6.39. The van der Waals surface area contributed by atoms with Crippen molar-refractivity contribution in [2.45, 2.75) is 6.61 Å². The predicted molar refractivity (Wildman–Crippen MR) is 63.5 cm³/mol. The smallest absolute Gasteiger partial charge is 0.281 e. The van der Waals surface area contributed by atoms with Crippen LogP contribution in [0.2, 0.25) is 10.0 Å². The number of nitriles is 1. The number of carbonyl (C=O) groups is 1. The van der Waals surface area contributed by atoms with Gasteiger partial charge in [-0.3, -0.25) is 4.79 Å². The summed E-state index contributed by atoms with van der Waals surface area (Å²) in [5.74, 6) is -0.943. The molecule has 2 N–H and O–H groups in total. The third-order valence-corrected chi connectivity index (χ3v) is 2.45. The van der Waals surface area contributed by atoms with E-state index in [0.717, 1.165) is 0 Å². The van der Waals surface area contributed by atoms with Crippen LogP contribution in [0.1, 0.15) is 5.56 Å². The third kappa shape index (κ3) is 3.94. The maximum absolute atomic E-state index is 10.6. The fraction of sp³-hybridized carbons (Fsp3) is 0.100. The maximum atomic E-state index is 10.6. The van der Waals surface area contributed by atoms with Crippen molar-refractivity contribution in [2.75, 3.05) is 0 Å². The highest BCUT2D eigenvalue weighted by Crippen LogP contribution is 2.22. The Labute approximate surface area is 107 Å². The lowest BCUT2D eigenvalue weighted by Crippen LogP contribution is -2.21. The summed E-state index contributed by atoms with van der Waals surface area (Å²) in [5.41, 5.74) is 5.06. The highest BCUT2D eigenvalue weighted by atomic mass is 35.5. The van der Waals surface area contributed by atoms with Crippen molar-refractivity contribution < 1.29 is 9.63 Å². The molecule has 88 valence electrons. The van der Waals surface area contributed by atoms with E-state index in [9.17, 15) is 4.79 Å². The third-order valence-electron chi connectivity index (χ3n) is 1.71. The zero-order valence-corrected chi connectivity index (χ0v) is 10.00. The number of carbonyl (C=O) groups excluding carboxylic acids is 1. The molecule has 0 fully saturated rings. The lowest BCUT2D eigenvalue weighted by atomic mass is 10.2. The number of halogens is 2. The van der Waals surface area contributed by atoms with Gasteiger partial charge in [0.2, 0.25) is 5.71 Å². The van der Waals surface area contributed by atoms with E-state index in [2.05, 4.69) is 5.16 Å². The Hall–Kier alpha value is -1.77. The molecule has 1 rings (SSSR count). The van der Waals surface area contributed by atoms with Gasteiger partial charge in [0, 0.05) is 0 Å². The average molecular weight is 272 g/mol. The number of nitrogens with two attached hydrogens (primary N) is 1. The Bertz CT molecular complexity index is 509. The Balaban J connectivity index is 2.66. The zero-order chi connectivity index (χ0) is 12.8. The minimum absolute atomic E-state index is 0.0509. The molecule has 0 aliphatic rings. The lowest BCUT2D eigenvalue weighted by molar-refractivity contribution is -0.112. The van der Waals surface area contributed by atoms with Crippen LogP contribution in [0.3, 0.4) is 0 Å². The molecule has 0 aliphatic carbocycles. The monoisotopic (exact) mass is 271 g/mol. The fourth-order valence-corrected chi connectivity index (χ4v) is 1.24. The molecule has 0 aromatic heterocycles. The molecule has 1 amide bonds. The van der Waals surface area contributed by atoms with E-state index in [1.807, 2.05) is 0 Å². The van der Waals surface area contributed by atoms with Crippen LogP contribution in [0.25, 0.3) is 0 Å². The second-order valence-electron chi connectivity index (χ2n) is 2.94. The van der Waals surface area contributed by atoms with Gasteiger partial charge in [-0.25, -0.2) is 0 Å². The van der Waals surface area contributed by atoms with Gasteiger partial charge in [-0.2, -0.15) is 5.26 Å². The summed E-state index contributed by atoms with van der Waals surface area (Å²) in [6.45, 7) is 0.0509. The Morgan fingerprint density at radius 1 is 1.47 bits per heavy atom. The fourth-order valence-electron chi connectivity index (χ4n) is 0.921. The summed E-state index contributed by atoms with van der Waals surface area (Å²) in [4.78, 5) is 15.4. The minimum Gasteiger partial charge on any atom is -0.390 e. The van der Waals surface area contributed by atoms with Gasteiger partial charge >= 0.3 is 0 Å². The standard InChI is InChI=1S/C10H7Cl2N3O2/c11-7-2-1-6(3-8(7)12)5-17-15-9(4-13)10(14)16/h1-3H,5H2,(H2,14,16)/b15-9-. The Morgan fingerprint density at radius 3 is 2.71 bits per heavy atom. The molecule has 17 heavy (non-hydrogen) atoms. The lowest BCUT2D eigenvalue weighted by Gasteiger charge is -2.01. The predicted octanol–water partition coefficient (Wildman–Crippen LogP) is 1.87. The molecule has 1 aromatic carbocycles. The van der Waals surface area contributed by atoms with Crippen LogP contribution in [0.5, 0.6) is 0 Å². The number of primary amides is 1. The van der Waals surface area contributed by atoms with Gasteiger partial charge in [0.1, 0.15) is 12.7 Å². The molecule has 5 nitrogen and oxygen atoms in total. The SMILES string of the molecule is N#C/C(=N/OCc1ccc(Cl)c(Cl)c1)C(N)=O. The summed E-state index contributed by atoms with van der Waals surface area (Å²) in [5, 5.41) is 12.6. The molecule has 0 saturated carbocycles. The van der Waals surface area contributed by atoms with Crippen molar-refractivity contribution >= 4 is 34.8 Å². The summed E-state index contributed by atoms with van der Waals surface area (Å²) in [7, 11) is 0. The summed E-state index contributed by atoms with van der Waals surface area (Å²) >= 11 is 11.5. The number of amides is 1. The van der Waals surface area contributed by atoms with Crippen LogP contribution in [-0.2, 0) is 16.2 Å². The van der Waals surface area contributed by atoms with E-state index in [4.69, 9.17) is 39.0 Å². The molecule has 0 heterocycles. The molecule has 0 unspecified atom stereocenters. The molecule has 0 bridgehead atoms. The van der Waals surface area contributed by atoms with Gasteiger partial charge in [-0.1, -0.05) is 34.4 Å². The van der Waals surface area contributed by atoms with Crippen LogP contribution in [-0.4, -0.2) is 11.6 Å². The molecular weight excluding hydrogens is 265 g/mol. The van der Waals surface area contributed by atoms with E-state index in [1.165, 1.54) is 6.07 Å². The number of hydrogen-bond donors (Lipinski definition) is 1. The molecule has 1 aromatic rings. The first-order chi connectivity index (χ1) is 8.04. The number of rotatable bonds is 4. The van der Waals surface area contributed by atoms with Crippen molar-refractivity contribution in [3.63, 3.8) is 0 Å². The van der Waals surface area contributed by atoms with E-state index < -0.39 is 11.6 Å². The minimum atomic E-state index is -0.943. The van der Waals surface area contributed by atoms with E-state index >= 15 is 0 Å². The van der Waals surface area contributed by atoms with Crippen molar-refractivity contribution in [1.82, 2.24) is 0 Å².